The van der Waals surface area contributed by atoms with E-state index < -0.39 is 0 Å². The summed E-state index contributed by atoms with van der Waals surface area (Å²) >= 11 is 0. The van der Waals surface area contributed by atoms with E-state index in [0.29, 0.717) is 0 Å². The van der Waals surface area contributed by atoms with Crippen LogP contribution in [0.25, 0.3) is 0 Å². The van der Waals surface area contributed by atoms with Crippen molar-refractivity contribution in [2.75, 3.05) is 0 Å². The minimum Gasteiger partial charge on any atom is -0.473 e. The molecular formula is C4H9AlO2. The maximum atomic E-state index is 4.58. The van der Waals surface area contributed by atoms with Gasteiger partial charge in [0, 0.05) is 0 Å². The number of hydrogen-bond acceptors (Lipinski definition) is 1. The van der Waals surface area contributed by atoms with Crippen molar-refractivity contribution in [2.45, 2.75) is 0 Å². The predicted octanol–water partition coefficient (Wildman–Crippen LogP) is -0.729. The first-order chi connectivity index (χ1) is 2.50. The fourth-order valence-electron chi connectivity index (χ4n) is 0.227. The molecule has 0 aliphatic heterocycles. The van der Waals surface area contributed by atoms with Crippen LogP contribution in [0, 0.1) is 0 Å². The Morgan fingerprint density at radius 2 is 1.43 bits per heavy atom. The van der Waals surface area contributed by atoms with Gasteiger partial charge in [-0.15, -0.1) is 0 Å². The fraction of sp³-hybridized carbons (Fsp3) is 0. The normalized spacial score (nSPS) is 5.71. The van der Waals surface area contributed by atoms with E-state index in [2.05, 4.69) is 4.42 Å². The monoisotopic (exact) mass is 116 g/mol. The molecule has 0 bridgehead atoms. The van der Waals surface area contributed by atoms with Crippen LogP contribution in [0.15, 0.2) is 29.1 Å². The van der Waals surface area contributed by atoms with Crippen molar-refractivity contribution in [3.8, 4) is 0 Å². The van der Waals surface area contributed by atoms with Crippen LogP contribution in [0.4, 0.5) is 0 Å². The topological polar surface area (TPSA) is 44.6 Å². The number of furan rings is 1. The zero-order chi connectivity index (χ0) is 3.54. The van der Waals surface area contributed by atoms with Crippen LogP contribution in [0.1, 0.15) is 0 Å². The zero-order valence-corrected chi connectivity index (χ0v) is 3.22. The van der Waals surface area contributed by atoms with Crippen LogP contribution in [0.2, 0.25) is 0 Å². The average molecular weight is 116 g/mol. The summed E-state index contributed by atoms with van der Waals surface area (Å²) < 4.78 is 4.58. The van der Waals surface area contributed by atoms with E-state index in [9.17, 15) is 0 Å². The van der Waals surface area contributed by atoms with Gasteiger partial charge in [0.05, 0.1) is 12.5 Å². The second-order valence-corrected chi connectivity index (χ2v) is 0.793. The Balaban J connectivity index is 0. The van der Waals surface area contributed by atoms with Crippen molar-refractivity contribution >= 4 is 17.4 Å². The molecule has 0 unspecified atom stereocenters. The van der Waals surface area contributed by atoms with E-state index in [4.69, 9.17) is 0 Å². The van der Waals surface area contributed by atoms with Crippen molar-refractivity contribution in [3.63, 3.8) is 0 Å². The van der Waals surface area contributed by atoms with Crippen LogP contribution < -0.4 is 0 Å². The molecule has 3 heteroatoms. The maximum Gasteiger partial charge on any atom is 0.187 e. The molecule has 0 amide bonds. The molecule has 1 aromatic heterocycles. The largest absolute Gasteiger partial charge is 0.473 e. The average Bonchev–Trinajstić information content (AvgIpc) is 1.76. The highest BCUT2D eigenvalue weighted by molar-refractivity contribution is 5.75. The lowest BCUT2D eigenvalue weighted by Gasteiger charge is -1.50. The first-order valence-corrected chi connectivity index (χ1v) is 1.47. The van der Waals surface area contributed by atoms with Gasteiger partial charge < -0.3 is 9.89 Å². The van der Waals surface area contributed by atoms with Gasteiger partial charge in [-0.25, -0.2) is 0 Å². The third-order valence-corrected chi connectivity index (χ3v) is 0.425. The standard InChI is InChI=1S/C4H4O.Al.H2O.3H/c1-2-4-5-3-1;;;;;/h1-4H;;1H2;;;. The minimum atomic E-state index is 0. The summed E-state index contributed by atoms with van der Waals surface area (Å²) in [4.78, 5) is 0. The van der Waals surface area contributed by atoms with Crippen LogP contribution >= 0.6 is 0 Å². The Bertz CT molecular complexity index is 66.2. The number of hydrogen-bond donors (Lipinski definition) is 0. The van der Waals surface area contributed by atoms with Gasteiger partial charge in [-0.2, -0.15) is 0 Å². The Morgan fingerprint density at radius 3 is 1.57 bits per heavy atom. The van der Waals surface area contributed by atoms with Crippen LogP contribution in [-0.4, -0.2) is 22.8 Å². The quantitative estimate of drug-likeness (QED) is 0.412. The summed E-state index contributed by atoms with van der Waals surface area (Å²) in [7, 11) is 0. The third-order valence-electron chi connectivity index (χ3n) is 0.425. The molecule has 0 saturated heterocycles. The van der Waals surface area contributed by atoms with E-state index >= 15 is 0 Å². The maximum absolute atomic E-state index is 4.58. The Morgan fingerprint density at radius 1 is 1.00 bits per heavy atom. The molecule has 0 radical (unpaired) electrons. The van der Waals surface area contributed by atoms with E-state index in [-0.39, 0.29) is 22.8 Å². The van der Waals surface area contributed by atoms with Crippen LogP contribution in [-0.2, 0) is 0 Å². The van der Waals surface area contributed by atoms with Crippen molar-refractivity contribution < 1.29 is 9.89 Å². The van der Waals surface area contributed by atoms with E-state index in [1.807, 2.05) is 12.1 Å². The zero-order valence-electron chi connectivity index (χ0n) is 3.22. The molecule has 1 aromatic rings. The highest BCUT2D eigenvalue weighted by atomic mass is 27.0. The molecule has 1 heterocycles. The molecular weight excluding hydrogens is 107 g/mol. The van der Waals surface area contributed by atoms with Gasteiger partial charge in [0.1, 0.15) is 0 Å². The lowest BCUT2D eigenvalue weighted by molar-refractivity contribution is 0.567. The molecule has 0 aliphatic rings. The Kier molecular flexibility index (Phi) is 8.17. The van der Waals surface area contributed by atoms with Crippen molar-refractivity contribution in [2.24, 2.45) is 0 Å². The van der Waals surface area contributed by atoms with Gasteiger partial charge in [0.15, 0.2) is 17.4 Å². The van der Waals surface area contributed by atoms with E-state index in [1.165, 1.54) is 0 Å². The second kappa shape index (κ2) is 5.77. The highest BCUT2D eigenvalue weighted by Gasteiger charge is 1.58. The Hall–Kier alpha value is -0.228. The first kappa shape index (κ1) is 9.91. The van der Waals surface area contributed by atoms with Gasteiger partial charge in [-0.05, 0) is 12.1 Å². The Labute approximate surface area is 52.6 Å². The molecule has 40 valence electrons. The molecule has 0 atom stereocenters. The second-order valence-electron chi connectivity index (χ2n) is 0.793. The summed E-state index contributed by atoms with van der Waals surface area (Å²) in [6, 6.07) is 3.67. The molecule has 0 aromatic carbocycles. The van der Waals surface area contributed by atoms with Gasteiger partial charge in [0.25, 0.3) is 0 Å². The minimum absolute atomic E-state index is 0. The molecule has 2 N–H and O–H groups in total. The van der Waals surface area contributed by atoms with Crippen molar-refractivity contribution in [1.29, 1.82) is 0 Å². The SMILES string of the molecule is O.[AlH3].c1ccoc1. The van der Waals surface area contributed by atoms with E-state index in [0.717, 1.165) is 0 Å². The molecule has 0 aliphatic carbocycles. The molecule has 2 nitrogen and oxygen atoms in total. The fourth-order valence-corrected chi connectivity index (χ4v) is 0.227. The first-order valence-electron chi connectivity index (χ1n) is 1.47. The lowest BCUT2D eigenvalue weighted by atomic mass is 10.7. The molecule has 0 saturated carbocycles. The molecule has 0 fully saturated rings. The number of rotatable bonds is 0. The smallest absolute Gasteiger partial charge is 0.187 e. The summed E-state index contributed by atoms with van der Waals surface area (Å²) in [5.74, 6) is 0. The third kappa shape index (κ3) is 3.61. The van der Waals surface area contributed by atoms with E-state index in [1.54, 1.807) is 12.5 Å². The molecule has 7 heavy (non-hydrogen) atoms. The highest BCUT2D eigenvalue weighted by Crippen LogP contribution is 1.79. The summed E-state index contributed by atoms with van der Waals surface area (Å²) in [5.41, 5.74) is 0. The molecule has 1 rings (SSSR count). The van der Waals surface area contributed by atoms with Gasteiger partial charge in [0.2, 0.25) is 0 Å². The summed E-state index contributed by atoms with van der Waals surface area (Å²) in [5, 5.41) is 0. The van der Waals surface area contributed by atoms with Gasteiger partial charge in [-0.3, -0.25) is 0 Å². The summed E-state index contributed by atoms with van der Waals surface area (Å²) in [6.45, 7) is 0. The van der Waals surface area contributed by atoms with Gasteiger partial charge in [-0.1, -0.05) is 0 Å². The molecule has 0 spiro atoms. The predicted molar refractivity (Wildman–Crippen MR) is 32.3 cm³/mol. The lowest BCUT2D eigenvalue weighted by Crippen LogP contribution is -1.16. The van der Waals surface area contributed by atoms with Crippen LogP contribution in [0.3, 0.4) is 0 Å². The van der Waals surface area contributed by atoms with Crippen molar-refractivity contribution in [3.05, 3.63) is 24.7 Å². The van der Waals surface area contributed by atoms with Crippen molar-refractivity contribution in [1.82, 2.24) is 0 Å². The van der Waals surface area contributed by atoms with Gasteiger partial charge >= 0.3 is 0 Å². The summed E-state index contributed by atoms with van der Waals surface area (Å²) in [6.07, 6.45) is 3.25. The van der Waals surface area contributed by atoms with Crippen LogP contribution in [0.5, 0.6) is 0 Å².